The Bertz CT molecular complexity index is 1170. The SMILES string of the molecule is COC(=O)c1ccc(Cl)c(NC(=O)C2CCCN(Cc3nc(-c4ccccc4Cl)no3)C2)c1. The fraction of sp³-hybridized carbons (Fsp3) is 0.304. The Morgan fingerprint density at radius 1 is 1.21 bits per heavy atom. The Labute approximate surface area is 200 Å². The number of aromatic nitrogens is 2. The molecule has 1 amide bonds. The second-order valence-corrected chi connectivity index (χ2v) is 8.56. The van der Waals surface area contributed by atoms with Gasteiger partial charge in [0.15, 0.2) is 0 Å². The van der Waals surface area contributed by atoms with E-state index in [2.05, 4.69) is 20.4 Å². The second-order valence-electron chi connectivity index (χ2n) is 7.74. The number of nitrogens with one attached hydrogen (secondary N) is 1. The van der Waals surface area contributed by atoms with Crippen molar-refractivity contribution >= 4 is 40.8 Å². The molecular weight excluding hydrogens is 467 g/mol. The Kier molecular flexibility index (Phi) is 7.27. The number of amides is 1. The molecule has 0 radical (unpaired) electrons. The minimum Gasteiger partial charge on any atom is -0.465 e. The summed E-state index contributed by atoms with van der Waals surface area (Å²) in [6, 6.07) is 11.9. The lowest BCUT2D eigenvalue weighted by Crippen LogP contribution is -2.40. The molecule has 3 aromatic rings. The highest BCUT2D eigenvalue weighted by molar-refractivity contribution is 6.34. The van der Waals surface area contributed by atoms with Gasteiger partial charge in [-0.1, -0.05) is 40.5 Å². The quantitative estimate of drug-likeness (QED) is 0.502. The molecule has 0 spiro atoms. The molecule has 1 aliphatic heterocycles. The van der Waals surface area contributed by atoms with Gasteiger partial charge in [0.25, 0.3) is 0 Å². The molecule has 1 unspecified atom stereocenters. The maximum atomic E-state index is 12.9. The van der Waals surface area contributed by atoms with Crippen LogP contribution in [0.3, 0.4) is 0 Å². The van der Waals surface area contributed by atoms with E-state index in [9.17, 15) is 9.59 Å². The third kappa shape index (κ3) is 5.52. The van der Waals surface area contributed by atoms with Crippen LogP contribution in [0.15, 0.2) is 47.0 Å². The van der Waals surface area contributed by atoms with Gasteiger partial charge in [-0.3, -0.25) is 9.69 Å². The van der Waals surface area contributed by atoms with Gasteiger partial charge in [0.1, 0.15) is 0 Å². The first kappa shape index (κ1) is 23.2. The molecule has 0 bridgehead atoms. The number of methoxy groups -OCH3 is 1. The van der Waals surface area contributed by atoms with E-state index in [1.165, 1.54) is 13.2 Å². The third-order valence-electron chi connectivity index (χ3n) is 5.46. The number of halogens is 2. The zero-order valence-electron chi connectivity index (χ0n) is 17.9. The van der Waals surface area contributed by atoms with E-state index in [1.54, 1.807) is 18.2 Å². The molecule has 2 heterocycles. The van der Waals surface area contributed by atoms with E-state index in [0.717, 1.165) is 19.4 Å². The molecule has 1 N–H and O–H groups in total. The number of benzene rings is 2. The van der Waals surface area contributed by atoms with E-state index in [0.29, 0.717) is 51.7 Å². The molecule has 1 aliphatic rings. The largest absolute Gasteiger partial charge is 0.465 e. The number of hydrogen-bond donors (Lipinski definition) is 1. The number of piperidine rings is 1. The van der Waals surface area contributed by atoms with Gasteiger partial charge in [0, 0.05) is 12.1 Å². The lowest BCUT2D eigenvalue weighted by Gasteiger charge is -2.31. The van der Waals surface area contributed by atoms with Crippen molar-refractivity contribution in [1.29, 1.82) is 0 Å². The van der Waals surface area contributed by atoms with Crippen LogP contribution >= 0.6 is 23.2 Å². The number of ether oxygens (including phenoxy) is 1. The van der Waals surface area contributed by atoms with Crippen molar-refractivity contribution in [2.24, 2.45) is 5.92 Å². The van der Waals surface area contributed by atoms with Gasteiger partial charge in [-0.15, -0.1) is 0 Å². The van der Waals surface area contributed by atoms with E-state index in [4.69, 9.17) is 32.5 Å². The molecule has 2 aromatic carbocycles. The van der Waals surface area contributed by atoms with Crippen LogP contribution in [0, 0.1) is 5.92 Å². The molecule has 1 saturated heterocycles. The van der Waals surface area contributed by atoms with Gasteiger partial charge < -0.3 is 14.6 Å². The summed E-state index contributed by atoms with van der Waals surface area (Å²) in [6.45, 7) is 1.77. The third-order valence-corrected chi connectivity index (χ3v) is 6.12. The fourth-order valence-electron chi connectivity index (χ4n) is 3.78. The van der Waals surface area contributed by atoms with Crippen LogP contribution in [0.2, 0.25) is 10.0 Å². The summed E-state index contributed by atoms with van der Waals surface area (Å²) in [4.78, 5) is 31.3. The lowest BCUT2D eigenvalue weighted by atomic mass is 9.97. The first-order valence-corrected chi connectivity index (χ1v) is 11.2. The van der Waals surface area contributed by atoms with Gasteiger partial charge >= 0.3 is 5.97 Å². The van der Waals surface area contributed by atoms with Gasteiger partial charge in [-0.25, -0.2) is 4.79 Å². The van der Waals surface area contributed by atoms with Gasteiger partial charge in [-0.2, -0.15) is 4.98 Å². The van der Waals surface area contributed by atoms with Gasteiger partial charge in [-0.05, 0) is 49.7 Å². The topological polar surface area (TPSA) is 97.6 Å². The fourth-order valence-corrected chi connectivity index (χ4v) is 4.16. The summed E-state index contributed by atoms with van der Waals surface area (Å²) < 4.78 is 10.1. The summed E-state index contributed by atoms with van der Waals surface area (Å²) >= 11 is 12.4. The minimum atomic E-state index is -0.498. The number of carbonyl (C=O) groups excluding carboxylic acids is 2. The molecule has 1 aromatic heterocycles. The number of anilines is 1. The Balaban J connectivity index is 1.39. The van der Waals surface area contributed by atoms with E-state index < -0.39 is 5.97 Å². The standard InChI is InChI=1S/C23H22Cl2N4O4/c1-32-23(31)14-8-9-18(25)19(11-14)26-22(30)15-5-4-10-29(12-15)13-20-27-21(28-33-20)16-6-2-3-7-17(16)24/h2-3,6-9,11,15H,4-5,10,12-13H2,1H3,(H,26,30). The molecule has 8 nitrogen and oxygen atoms in total. The van der Waals surface area contributed by atoms with Crippen LogP contribution in [-0.2, 0) is 16.1 Å². The second kappa shape index (κ2) is 10.3. The highest BCUT2D eigenvalue weighted by Crippen LogP contribution is 2.27. The Morgan fingerprint density at radius 2 is 2.03 bits per heavy atom. The number of likely N-dealkylation sites (tertiary alicyclic amines) is 1. The van der Waals surface area contributed by atoms with Crippen molar-refractivity contribution < 1.29 is 18.8 Å². The van der Waals surface area contributed by atoms with Crippen molar-refractivity contribution in [3.05, 3.63) is 64.0 Å². The summed E-state index contributed by atoms with van der Waals surface area (Å²) in [5.41, 5.74) is 1.40. The average molecular weight is 489 g/mol. The first-order valence-electron chi connectivity index (χ1n) is 10.4. The van der Waals surface area contributed by atoms with E-state index in [-0.39, 0.29) is 11.8 Å². The normalized spacial score (nSPS) is 16.4. The number of esters is 1. The Hall–Kier alpha value is -2.94. The highest BCUT2D eigenvalue weighted by Gasteiger charge is 2.27. The van der Waals surface area contributed by atoms with Crippen LogP contribution in [0.5, 0.6) is 0 Å². The molecular formula is C23H22Cl2N4O4. The van der Waals surface area contributed by atoms with E-state index in [1.807, 2.05) is 18.2 Å². The smallest absolute Gasteiger partial charge is 0.337 e. The van der Waals surface area contributed by atoms with Crippen molar-refractivity contribution in [3.8, 4) is 11.4 Å². The zero-order chi connectivity index (χ0) is 23.4. The molecule has 4 rings (SSSR count). The van der Waals surface area contributed by atoms with Crippen molar-refractivity contribution in [2.75, 3.05) is 25.5 Å². The Morgan fingerprint density at radius 3 is 2.82 bits per heavy atom. The maximum absolute atomic E-state index is 12.9. The minimum absolute atomic E-state index is 0.161. The number of hydrogen-bond acceptors (Lipinski definition) is 7. The van der Waals surface area contributed by atoms with Crippen LogP contribution in [-0.4, -0.2) is 47.1 Å². The summed E-state index contributed by atoms with van der Waals surface area (Å²) in [7, 11) is 1.30. The summed E-state index contributed by atoms with van der Waals surface area (Å²) in [5, 5.41) is 7.78. The lowest BCUT2D eigenvalue weighted by molar-refractivity contribution is -0.121. The molecule has 10 heteroatoms. The molecule has 1 fully saturated rings. The van der Waals surface area contributed by atoms with Crippen LogP contribution in [0.25, 0.3) is 11.4 Å². The molecule has 172 valence electrons. The zero-order valence-corrected chi connectivity index (χ0v) is 19.4. The highest BCUT2D eigenvalue weighted by atomic mass is 35.5. The van der Waals surface area contributed by atoms with Gasteiger partial charge in [0.2, 0.25) is 17.6 Å². The summed E-state index contributed by atoms with van der Waals surface area (Å²) in [5.74, 6) is -0.0166. The summed E-state index contributed by atoms with van der Waals surface area (Å²) in [6.07, 6.45) is 1.59. The maximum Gasteiger partial charge on any atom is 0.337 e. The van der Waals surface area contributed by atoms with Crippen molar-refractivity contribution in [3.63, 3.8) is 0 Å². The molecule has 1 atom stereocenters. The number of nitrogens with zero attached hydrogens (tertiary/aromatic N) is 3. The first-order chi connectivity index (χ1) is 15.9. The monoisotopic (exact) mass is 488 g/mol. The number of carbonyl (C=O) groups is 2. The molecule has 33 heavy (non-hydrogen) atoms. The predicted octanol–water partition coefficient (Wildman–Crippen LogP) is 4.68. The van der Waals surface area contributed by atoms with Crippen LogP contribution < -0.4 is 5.32 Å². The van der Waals surface area contributed by atoms with Gasteiger partial charge in [0.05, 0.1) is 40.9 Å². The van der Waals surface area contributed by atoms with Crippen molar-refractivity contribution in [2.45, 2.75) is 19.4 Å². The van der Waals surface area contributed by atoms with Crippen LogP contribution in [0.4, 0.5) is 5.69 Å². The molecule has 0 aliphatic carbocycles. The number of rotatable bonds is 6. The van der Waals surface area contributed by atoms with Crippen LogP contribution in [0.1, 0.15) is 29.1 Å². The van der Waals surface area contributed by atoms with Crippen molar-refractivity contribution in [1.82, 2.24) is 15.0 Å². The molecule has 0 saturated carbocycles. The average Bonchev–Trinajstić information content (AvgIpc) is 3.28. The van der Waals surface area contributed by atoms with E-state index >= 15 is 0 Å². The predicted molar refractivity (Wildman–Crippen MR) is 124 cm³/mol.